The number of likely N-dealkylation sites (tertiary alicyclic amines) is 1. The van der Waals surface area contributed by atoms with E-state index in [1.807, 2.05) is 12.1 Å². The van der Waals surface area contributed by atoms with Crippen LogP contribution >= 0.6 is 0 Å². The number of carboxylic acid groups (broad SMARTS) is 1. The number of carboxylic acids is 1. The Hall–Kier alpha value is -2.37. The second kappa shape index (κ2) is 7.25. The predicted molar refractivity (Wildman–Crippen MR) is 94.4 cm³/mol. The highest BCUT2D eigenvalue weighted by Crippen LogP contribution is 2.24. The number of rotatable bonds is 4. The third-order valence-electron chi connectivity index (χ3n) is 4.81. The van der Waals surface area contributed by atoms with Crippen LogP contribution in [0.15, 0.2) is 24.3 Å². The lowest BCUT2D eigenvalue weighted by Crippen LogP contribution is -2.43. The molecule has 2 unspecified atom stereocenters. The summed E-state index contributed by atoms with van der Waals surface area (Å²) in [7, 11) is 0. The second-order valence-electron chi connectivity index (χ2n) is 7.57. The number of hydrogen-bond donors (Lipinski definition) is 2. The van der Waals surface area contributed by atoms with Gasteiger partial charge in [-0.3, -0.25) is 14.4 Å². The van der Waals surface area contributed by atoms with Crippen molar-refractivity contribution in [1.82, 2.24) is 10.2 Å². The highest BCUT2D eigenvalue weighted by molar-refractivity contribution is 5.96. The second-order valence-corrected chi connectivity index (χ2v) is 7.57. The first-order valence-corrected chi connectivity index (χ1v) is 8.52. The average Bonchev–Trinajstić information content (AvgIpc) is 2.93. The van der Waals surface area contributed by atoms with Crippen LogP contribution in [0, 0.1) is 5.92 Å². The largest absolute Gasteiger partial charge is 0.481 e. The van der Waals surface area contributed by atoms with Crippen molar-refractivity contribution < 1.29 is 19.5 Å². The molecular weight excluding hydrogens is 320 g/mol. The Morgan fingerprint density at radius 1 is 1.20 bits per heavy atom. The minimum Gasteiger partial charge on any atom is -0.481 e. The normalized spacial score (nSPS) is 20.4. The quantitative estimate of drug-likeness (QED) is 0.873. The summed E-state index contributed by atoms with van der Waals surface area (Å²) in [5.41, 5.74) is 1.64. The highest BCUT2D eigenvalue weighted by Gasteiger charge is 2.37. The maximum absolute atomic E-state index is 12.3. The Morgan fingerprint density at radius 2 is 1.80 bits per heavy atom. The molecule has 1 aromatic carbocycles. The van der Waals surface area contributed by atoms with Crippen molar-refractivity contribution in [1.29, 1.82) is 0 Å². The van der Waals surface area contributed by atoms with E-state index in [-0.39, 0.29) is 29.8 Å². The zero-order chi connectivity index (χ0) is 18.8. The van der Waals surface area contributed by atoms with Gasteiger partial charge in [-0.15, -0.1) is 0 Å². The Bertz CT molecular complexity index is 661. The number of hydrogen-bond acceptors (Lipinski definition) is 3. The smallest absolute Gasteiger partial charge is 0.308 e. The Kier molecular flexibility index (Phi) is 5.50. The van der Waals surface area contributed by atoms with Crippen LogP contribution < -0.4 is 5.32 Å². The number of carbonyl (C=O) groups excluding carboxylic acids is 2. The molecule has 2 amide bonds. The molecule has 1 aliphatic rings. The molecule has 0 spiro atoms. The summed E-state index contributed by atoms with van der Waals surface area (Å²) < 4.78 is 0. The van der Waals surface area contributed by atoms with Gasteiger partial charge in [-0.25, -0.2) is 0 Å². The van der Waals surface area contributed by atoms with Gasteiger partial charge in [0.1, 0.15) is 0 Å². The van der Waals surface area contributed by atoms with Crippen molar-refractivity contribution in [2.45, 2.75) is 45.6 Å². The summed E-state index contributed by atoms with van der Waals surface area (Å²) in [6.07, 6.45) is 0.449. The van der Waals surface area contributed by atoms with Crippen LogP contribution in [-0.4, -0.2) is 46.9 Å². The molecule has 2 N–H and O–H groups in total. The van der Waals surface area contributed by atoms with E-state index in [4.69, 9.17) is 5.11 Å². The summed E-state index contributed by atoms with van der Waals surface area (Å²) in [6.45, 7) is 8.31. The molecule has 136 valence electrons. The van der Waals surface area contributed by atoms with Gasteiger partial charge in [0, 0.05) is 18.2 Å². The lowest BCUT2D eigenvalue weighted by atomic mass is 9.87. The summed E-state index contributed by atoms with van der Waals surface area (Å²) in [5.74, 6) is -1.98. The van der Waals surface area contributed by atoms with E-state index in [1.54, 1.807) is 19.1 Å². The van der Waals surface area contributed by atoms with Gasteiger partial charge in [0.15, 0.2) is 0 Å². The molecule has 6 nitrogen and oxygen atoms in total. The van der Waals surface area contributed by atoms with Crippen LogP contribution in [0.5, 0.6) is 0 Å². The van der Waals surface area contributed by atoms with Crippen molar-refractivity contribution in [3.63, 3.8) is 0 Å². The van der Waals surface area contributed by atoms with Crippen LogP contribution in [0.25, 0.3) is 0 Å². The fraction of sp³-hybridized carbons (Fsp3) is 0.526. The monoisotopic (exact) mass is 346 g/mol. The van der Waals surface area contributed by atoms with E-state index in [0.717, 1.165) is 5.56 Å². The summed E-state index contributed by atoms with van der Waals surface area (Å²) in [5, 5.41) is 11.7. The number of nitrogens with zero attached hydrogens (tertiary/aromatic N) is 1. The molecule has 1 saturated heterocycles. The lowest BCUT2D eigenvalue weighted by Gasteiger charge is -2.23. The fourth-order valence-corrected chi connectivity index (χ4v) is 3.10. The van der Waals surface area contributed by atoms with E-state index in [9.17, 15) is 14.4 Å². The van der Waals surface area contributed by atoms with Crippen LogP contribution in [0.1, 0.15) is 50.0 Å². The van der Waals surface area contributed by atoms with Gasteiger partial charge >= 0.3 is 5.97 Å². The standard InChI is InChI=1S/C19H26N2O4/c1-12-15(18(24)25)9-10-21(12)16(22)11-20-17(23)13-5-7-14(8-6-13)19(2,3)4/h5-8,12,15H,9-11H2,1-4H3,(H,20,23)(H,24,25). The Balaban J connectivity index is 1.92. The molecule has 2 atom stereocenters. The van der Waals surface area contributed by atoms with Crippen molar-refractivity contribution in [3.05, 3.63) is 35.4 Å². The molecule has 0 aliphatic carbocycles. The summed E-state index contributed by atoms with van der Waals surface area (Å²) in [4.78, 5) is 37.1. The van der Waals surface area contributed by atoms with Crippen LogP contribution in [0.4, 0.5) is 0 Å². The summed E-state index contributed by atoms with van der Waals surface area (Å²) >= 11 is 0. The SMILES string of the molecule is CC1C(C(=O)O)CCN1C(=O)CNC(=O)c1ccc(C(C)(C)C)cc1. The van der Waals surface area contributed by atoms with Crippen molar-refractivity contribution in [2.24, 2.45) is 5.92 Å². The highest BCUT2D eigenvalue weighted by atomic mass is 16.4. The van der Waals surface area contributed by atoms with Gasteiger partial charge in [0.25, 0.3) is 5.91 Å². The Morgan fingerprint density at radius 3 is 2.28 bits per heavy atom. The first-order chi connectivity index (χ1) is 11.6. The van der Waals surface area contributed by atoms with Gasteiger partial charge in [-0.2, -0.15) is 0 Å². The molecule has 1 aliphatic heterocycles. The minimum atomic E-state index is -0.884. The Labute approximate surface area is 148 Å². The molecule has 1 aromatic rings. The molecule has 0 aromatic heterocycles. The molecule has 0 radical (unpaired) electrons. The molecule has 2 rings (SSSR count). The average molecular weight is 346 g/mol. The number of amides is 2. The number of carbonyl (C=O) groups is 3. The van der Waals surface area contributed by atoms with Gasteiger partial charge in [0.05, 0.1) is 12.5 Å². The third kappa shape index (κ3) is 4.38. The van der Waals surface area contributed by atoms with Gasteiger partial charge < -0.3 is 15.3 Å². The van der Waals surface area contributed by atoms with E-state index in [0.29, 0.717) is 18.5 Å². The molecule has 0 saturated carbocycles. The topological polar surface area (TPSA) is 86.7 Å². The van der Waals surface area contributed by atoms with Crippen LogP contribution in [-0.2, 0) is 15.0 Å². The van der Waals surface area contributed by atoms with E-state index in [1.165, 1.54) is 4.90 Å². The van der Waals surface area contributed by atoms with Gasteiger partial charge in [-0.1, -0.05) is 32.9 Å². The molecule has 1 fully saturated rings. The van der Waals surface area contributed by atoms with Gasteiger partial charge in [-0.05, 0) is 36.5 Å². The minimum absolute atomic E-state index is 0.0115. The molecular formula is C19H26N2O4. The maximum Gasteiger partial charge on any atom is 0.308 e. The van der Waals surface area contributed by atoms with Crippen molar-refractivity contribution in [3.8, 4) is 0 Å². The predicted octanol–water partition coefficient (Wildman–Crippen LogP) is 2.04. The molecule has 1 heterocycles. The van der Waals surface area contributed by atoms with Crippen molar-refractivity contribution >= 4 is 17.8 Å². The van der Waals surface area contributed by atoms with Crippen LogP contribution in [0.3, 0.4) is 0 Å². The van der Waals surface area contributed by atoms with E-state index in [2.05, 4.69) is 26.1 Å². The molecule has 0 bridgehead atoms. The number of nitrogens with one attached hydrogen (secondary N) is 1. The molecule has 25 heavy (non-hydrogen) atoms. The first-order valence-electron chi connectivity index (χ1n) is 8.52. The number of benzene rings is 1. The fourth-order valence-electron chi connectivity index (χ4n) is 3.10. The maximum atomic E-state index is 12.3. The first kappa shape index (κ1) is 19.0. The molecule has 6 heteroatoms. The summed E-state index contributed by atoms with van der Waals surface area (Å²) in [6, 6.07) is 6.97. The van der Waals surface area contributed by atoms with Crippen LogP contribution in [0.2, 0.25) is 0 Å². The third-order valence-corrected chi connectivity index (χ3v) is 4.81. The zero-order valence-corrected chi connectivity index (χ0v) is 15.2. The van der Waals surface area contributed by atoms with E-state index < -0.39 is 11.9 Å². The van der Waals surface area contributed by atoms with Gasteiger partial charge in [0.2, 0.25) is 5.91 Å². The number of aliphatic carboxylic acids is 1. The lowest BCUT2D eigenvalue weighted by molar-refractivity contribution is -0.143. The zero-order valence-electron chi connectivity index (χ0n) is 15.2. The van der Waals surface area contributed by atoms with Crippen molar-refractivity contribution in [2.75, 3.05) is 13.1 Å². The van der Waals surface area contributed by atoms with E-state index >= 15 is 0 Å².